The molecule has 2 rings (SSSR count). The quantitative estimate of drug-likeness (QED) is 0.521. The summed E-state index contributed by atoms with van der Waals surface area (Å²) in [5.41, 5.74) is 1.77. The molecule has 0 spiro atoms. The smallest absolute Gasteiger partial charge is 0.480 e. The summed E-state index contributed by atoms with van der Waals surface area (Å²) in [7, 11) is -1.80. The summed E-state index contributed by atoms with van der Waals surface area (Å²) in [6.07, 6.45) is 0.0300. The molecule has 1 amide bonds. The van der Waals surface area contributed by atoms with Crippen molar-refractivity contribution in [2.75, 3.05) is 5.32 Å². The summed E-state index contributed by atoms with van der Waals surface area (Å²) in [6, 6.07) is 11.8. The van der Waals surface area contributed by atoms with E-state index in [1.165, 1.54) is 18.2 Å². The van der Waals surface area contributed by atoms with Crippen LogP contribution in [-0.2, 0) is 4.79 Å². The summed E-state index contributed by atoms with van der Waals surface area (Å²) in [4.78, 5) is 23.7. The molecule has 130 valence electrons. The van der Waals surface area contributed by atoms with Gasteiger partial charge in [-0.2, -0.15) is 0 Å². The average molecular weight is 341 g/mol. The summed E-state index contributed by atoms with van der Waals surface area (Å²) in [5.74, 6) is -0.218. The lowest BCUT2D eigenvalue weighted by Crippen LogP contribution is -2.36. The Labute approximate surface area is 146 Å². The maximum atomic E-state index is 12.4. The lowest BCUT2D eigenvalue weighted by atomic mass is 9.77. The Hall–Kier alpha value is -2.64. The standard InChI is InChI=1S/C18H20BNO5/c1-3-16(18(22)20-13-9-7-12(2)8-10-13)25-17-6-4-5-15(19(23)24)14(17)11-21/h4-11,16,23-24H,3H2,1-2H3,(H,20,22). The number of aldehydes is 1. The van der Waals surface area contributed by atoms with Crippen LogP contribution >= 0.6 is 0 Å². The summed E-state index contributed by atoms with van der Waals surface area (Å²) in [5, 5.41) is 21.4. The molecule has 0 aliphatic carbocycles. The zero-order valence-electron chi connectivity index (χ0n) is 14.1. The summed E-state index contributed by atoms with van der Waals surface area (Å²) >= 11 is 0. The Morgan fingerprint density at radius 1 is 1.24 bits per heavy atom. The largest absolute Gasteiger partial charge is 0.489 e. The molecular weight excluding hydrogens is 321 g/mol. The molecule has 2 aromatic carbocycles. The van der Waals surface area contributed by atoms with Crippen molar-refractivity contribution >= 4 is 30.5 Å². The molecule has 0 aliphatic heterocycles. The van der Waals surface area contributed by atoms with Crippen molar-refractivity contribution in [1.82, 2.24) is 0 Å². The normalized spacial score (nSPS) is 11.5. The first-order valence-corrected chi connectivity index (χ1v) is 7.94. The number of anilines is 1. The van der Waals surface area contributed by atoms with Gasteiger partial charge < -0.3 is 20.1 Å². The van der Waals surface area contributed by atoms with Gasteiger partial charge in [0.15, 0.2) is 12.4 Å². The predicted octanol–water partition coefficient (Wildman–Crippen LogP) is 1.28. The molecule has 0 radical (unpaired) electrons. The van der Waals surface area contributed by atoms with Gasteiger partial charge in [0.05, 0.1) is 5.56 Å². The van der Waals surface area contributed by atoms with E-state index in [4.69, 9.17) is 4.74 Å². The first-order valence-electron chi connectivity index (χ1n) is 7.94. The number of benzene rings is 2. The molecule has 1 atom stereocenters. The monoisotopic (exact) mass is 341 g/mol. The van der Waals surface area contributed by atoms with Crippen molar-refractivity contribution in [3.63, 3.8) is 0 Å². The maximum absolute atomic E-state index is 12.4. The van der Waals surface area contributed by atoms with Gasteiger partial charge >= 0.3 is 7.12 Å². The fourth-order valence-corrected chi connectivity index (χ4v) is 2.35. The Morgan fingerprint density at radius 3 is 2.48 bits per heavy atom. The highest BCUT2D eigenvalue weighted by Crippen LogP contribution is 2.19. The number of carbonyl (C=O) groups excluding carboxylic acids is 2. The highest BCUT2D eigenvalue weighted by molar-refractivity contribution is 6.60. The number of ether oxygens (including phenoxy) is 1. The second kappa shape index (κ2) is 8.46. The van der Waals surface area contributed by atoms with Crippen LogP contribution in [0.5, 0.6) is 5.75 Å². The van der Waals surface area contributed by atoms with E-state index < -0.39 is 13.2 Å². The third-order valence-electron chi connectivity index (χ3n) is 3.75. The van der Waals surface area contributed by atoms with Crippen LogP contribution < -0.4 is 15.5 Å². The van der Waals surface area contributed by atoms with Crippen LogP contribution in [0.3, 0.4) is 0 Å². The Bertz CT molecular complexity index is 746. The van der Waals surface area contributed by atoms with Gasteiger partial charge in [-0.1, -0.05) is 36.8 Å². The Balaban J connectivity index is 2.19. The molecule has 6 nitrogen and oxygen atoms in total. The molecule has 3 N–H and O–H groups in total. The summed E-state index contributed by atoms with van der Waals surface area (Å²) < 4.78 is 5.67. The van der Waals surface area contributed by atoms with E-state index >= 15 is 0 Å². The summed E-state index contributed by atoms with van der Waals surface area (Å²) in [6.45, 7) is 3.73. The van der Waals surface area contributed by atoms with Gasteiger partial charge in [0, 0.05) is 5.69 Å². The fraction of sp³-hybridized carbons (Fsp3) is 0.222. The highest BCUT2D eigenvalue weighted by Gasteiger charge is 2.23. The SMILES string of the molecule is CCC(Oc1cccc(B(O)O)c1C=O)C(=O)Nc1ccc(C)cc1. The first kappa shape index (κ1) is 18.7. The lowest BCUT2D eigenvalue weighted by Gasteiger charge is -2.19. The number of nitrogens with one attached hydrogen (secondary N) is 1. The van der Waals surface area contributed by atoms with Gasteiger partial charge in [-0.3, -0.25) is 9.59 Å². The van der Waals surface area contributed by atoms with E-state index in [-0.39, 0.29) is 22.7 Å². The average Bonchev–Trinajstić information content (AvgIpc) is 2.60. The Morgan fingerprint density at radius 2 is 1.92 bits per heavy atom. The van der Waals surface area contributed by atoms with Crippen LogP contribution in [0, 0.1) is 6.92 Å². The van der Waals surface area contributed by atoms with Crippen LogP contribution in [-0.4, -0.2) is 35.5 Å². The number of amides is 1. The van der Waals surface area contributed by atoms with Gasteiger partial charge in [-0.05, 0) is 37.0 Å². The molecule has 0 aliphatic rings. The van der Waals surface area contributed by atoms with Crippen LogP contribution in [0.4, 0.5) is 5.69 Å². The molecule has 0 bridgehead atoms. The topological polar surface area (TPSA) is 95.9 Å². The van der Waals surface area contributed by atoms with E-state index in [2.05, 4.69) is 5.32 Å². The van der Waals surface area contributed by atoms with Crippen molar-refractivity contribution in [3.8, 4) is 5.75 Å². The fourth-order valence-electron chi connectivity index (χ4n) is 2.35. The zero-order chi connectivity index (χ0) is 18.4. The molecule has 7 heteroatoms. The van der Waals surface area contributed by atoms with E-state index in [0.29, 0.717) is 18.4 Å². The minimum atomic E-state index is -1.80. The van der Waals surface area contributed by atoms with Crippen LogP contribution in [0.1, 0.15) is 29.3 Å². The number of hydrogen-bond donors (Lipinski definition) is 3. The van der Waals surface area contributed by atoms with Crippen LogP contribution in [0.2, 0.25) is 0 Å². The lowest BCUT2D eigenvalue weighted by molar-refractivity contribution is -0.122. The van der Waals surface area contributed by atoms with Crippen LogP contribution in [0.25, 0.3) is 0 Å². The third-order valence-corrected chi connectivity index (χ3v) is 3.75. The molecule has 1 unspecified atom stereocenters. The van der Waals surface area contributed by atoms with E-state index in [0.717, 1.165) is 5.56 Å². The van der Waals surface area contributed by atoms with Crippen LogP contribution in [0.15, 0.2) is 42.5 Å². The van der Waals surface area contributed by atoms with E-state index in [1.807, 2.05) is 19.1 Å². The van der Waals surface area contributed by atoms with Gasteiger partial charge in [0.25, 0.3) is 5.91 Å². The first-order chi connectivity index (χ1) is 12.0. The van der Waals surface area contributed by atoms with Crippen molar-refractivity contribution in [3.05, 3.63) is 53.6 Å². The molecular formula is C18H20BNO5. The second-order valence-corrected chi connectivity index (χ2v) is 5.62. The van der Waals surface area contributed by atoms with Crippen molar-refractivity contribution < 1.29 is 24.4 Å². The molecule has 0 aromatic heterocycles. The minimum Gasteiger partial charge on any atom is -0.480 e. The molecule has 0 saturated carbocycles. The van der Waals surface area contributed by atoms with Gasteiger partial charge in [0.2, 0.25) is 0 Å². The van der Waals surface area contributed by atoms with Gasteiger partial charge in [-0.15, -0.1) is 0 Å². The maximum Gasteiger partial charge on any atom is 0.489 e. The van der Waals surface area contributed by atoms with Crippen molar-refractivity contribution in [1.29, 1.82) is 0 Å². The molecule has 25 heavy (non-hydrogen) atoms. The third kappa shape index (κ3) is 4.68. The van der Waals surface area contributed by atoms with Gasteiger partial charge in [-0.25, -0.2) is 0 Å². The number of rotatable bonds is 7. The number of aryl methyl sites for hydroxylation is 1. The molecule has 0 saturated heterocycles. The van der Waals surface area contributed by atoms with Crippen molar-refractivity contribution in [2.45, 2.75) is 26.4 Å². The molecule has 0 heterocycles. The predicted molar refractivity (Wildman–Crippen MR) is 96.2 cm³/mol. The molecule has 2 aromatic rings. The van der Waals surface area contributed by atoms with E-state index in [9.17, 15) is 19.6 Å². The van der Waals surface area contributed by atoms with Gasteiger partial charge in [0.1, 0.15) is 5.75 Å². The molecule has 0 fully saturated rings. The van der Waals surface area contributed by atoms with E-state index in [1.54, 1.807) is 19.1 Å². The number of carbonyl (C=O) groups is 2. The minimum absolute atomic E-state index is 0.0130. The number of hydrogen-bond acceptors (Lipinski definition) is 5. The van der Waals surface area contributed by atoms with Crippen molar-refractivity contribution in [2.24, 2.45) is 0 Å². The Kier molecular flexibility index (Phi) is 6.33. The zero-order valence-corrected chi connectivity index (χ0v) is 14.1. The second-order valence-electron chi connectivity index (χ2n) is 5.62. The highest BCUT2D eigenvalue weighted by atomic mass is 16.5.